The summed E-state index contributed by atoms with van der Waals surface area (Å²) >= 11 is 1.65. The van der Waals surface area contributed by atoms with Gasteiger partial charge in [-0.3, -0.25) is 9.39 Å². The van der Waals surface area contributed by atoms with Crippen molar-refractivity contribution in [1.29, 1.82) is 0 Å². The van der Waals surface area contributed by atoms with E-state index in [2.05, 4.69) is 55.1 Å². The van der Waals surface area contributed by atoms with E-state index in [1.54, 1.807) is 11.3 Å². The average Bonchev–Trinajstić information content (AvgIpc) is 3.17. The van der Waals surface area contributed by atoms with Crippen LogP contribution in [0, 0.1) is 0 Å². The monoisotopic (exact) mass is 453 g/mol. The van der Waals surface area contributed by atoms with Crippen molar-refractivity contribution in [1.82, 2.24) is 19.6 Å². The Kier molecular flexibility index (Phi) is 5.40. The van der Waals surface area contributed by atoms with Gasteiger partial charge in [-0.25, -0.2) is 4.98 Å². The zero-order valence-electron chi connectivity index (χ0n) is 13.5. The lowest BCUT2D eigenvalue weighted by Gasteiger charge is -2.31. The van der Waals surface area contributed by atoms with Crippen molar-refractivity contribution in [2.24, 2.45) is 4.99 Å². The highest BCUT2D eigenvalue weighted by Gasteiger charge is 2.18. The molecule has 0 saturated heterocycles. The van der Waals surface area contributed by atoms with E-state index in [4.69, 9.17) is 0 Å². The SMILES string of the molecule is CN=C(NCc1cn2ccsc2n1)N1CCc2ccccc2C1.I. The number of aromatic nitrogens is 2. The summed E-state index contributed by atoms with van der Waals surface area (Å²) in [5, 5.41) is 5.49. The quantitative estimate of drug-likeness (QED) is 0.369. The number of hydrogen-bond donors (Lipinski definition) is 1. The van der Waals surface area contributed by atoms with Crippen molar-refractivity contribution >= 4 is 46.2 Å². The molecule has 1 aromatic carbocycles. The van der Waals surface area contributed by atoms with Gasteiger partial charge in [0.25, 0.3) is 0 Å². The molecule has 0 aliphatic carbocycles. The number of thiazole rings is 1. The second-order valence-corrected chi connectivity index (χ2v) is 6.54. The molecule has 1 aliphatic rings. The minimum absolute atomic E-state index is 0. The first-order valence-corrected chi connectivity index (χ1v) is 8.65. The Morgan fingerprint density at radius 3 is 2.96 bits per heavy atom. The van der Waals surface area contributed by atoms with Gasteiger partial charge in [0.05, 0.1) is 12.2 Å². The Labute approximate surface area is 162 Å². The molecule has 0 saturated carbocycles. The van der Waals surface area contributed by atoms with E-state index in [-0.39, 0.29) is 24.0 Å². The van der Waals surface area contributed by atoms with Crippen molar-refractivity contribution in [3.8, 4) is 0 Å². The summed E-state index contributed by atoms with van der Waals surface area (Å²) in [4.78, 5) is 12.4. The second-order valence-electron chi connectivity index (χ2n) is 5.67. The van der Waals surface area contributed by atoms with Gasteiger partial charge in [-0.05, 0) is 17.5 Å². The van der Waals surface area contributed by atoms with Crippen LogP contribution in [-0.4, -0.2) is 33.8 Å². The Morgan fingerprint density at radius 2 is 2.17 bits per heavy atom. The molecule has 0 spiro atoms. The molecule has 126 valence electrons. The molecule has 3 heterocycles. The molecule has 0 unspecified atom stereocenters. The predicted octanol–water partition coefficient (Wildman–Crippen LogP) is 3.15. The molecule has 3 aromatic rings. The molecular weight excluding hydrogens is 433 g/mol. The second kappa shape index (κ2) is 7.52. The maximum absolute atomic E-state index is 4.61. The normalized spacial score (nSPS) is 14.4. The number of nitrogens with zero attached hydrogens (tertiary/aromatic N) is 4. The molecule has 4 rings (SSSR count). The number of nitrogens with one attached hydrogen (secondary N) is 1. The van der Waals surface area contributed by atoms with Crippen molar-refractivity contribution in [3.05, 3.63) is 58.9 Å². The van der Waals surface area contributed by atoms with E-state index in [1.807, 2.05) is 18.6 Å². The number of benzene rings is 1. The molecule has 0 amide bonds. The number of hydrogen-bond acceptors (Lipinski definition) is 3. The van der Waals surface area contributed by atoms with Gasteiger partial charge in [0.2, 0.25) is 0 Å². The zero-order chi connectivity index (χ0) is 15.6. The number of aliphatic imine (C=N–C) groups is 1. The van der Waals surface area contributed by atoms with Gasteiger partial charge < -0.3 is 10.2 Å². The number of imidazole rings is 1. The smallest absolute Gasteiger partial charge is 0.194 e. The van der Waals surface area contributed by atoms with E-state index < -0.39 is 0 Å². The van der Waals surface area contributed by atoms with Gasteiger partial charge >= 0.3 is 0 Å². The van der Waals surface area contributed by atoms with Crippen LogP contribution in [0.3, 0.4) is 0 Å². The van der Waals surface area contributed by atoms with Gasteiger partial charge in [0.1, 0.15) is 0 Å². The Bertz CT molecular complexity index is 825. The van der Waals surface area contributed by atoms with E-state index in [1.165, 1.54) is 11.1 Å². The fourth-order valence-corrected chi connectivity index (χ4v) is 3.76. The fraction of sp³-hybridized carbons (Fsp3) is 0.294. The molecule has 0 radical (unpaired) electrons. The lowest BCUT2D eigenvalue weighted by Crippen LogP contribution is -2.43. The summed E-state index contributed by atoms with van der Waals surface area (Å²) in [7, 11) is 1.84. The van der Waals surface area contributed by atoms with E-state index in [0.717, 1.165) is 36.1 Å². The van der Waals surface area contributed by atoms with E-state index in [9.17, 15) is 0 Å². The maximum Gasteiger partial charge on any atom is 0.194 e. The van der Waals surface area contributed by atoms with Crippen LogP contribution in [0.1, 0.15) is 16.8 Å². The average molecular weight is 453 g/mol. The maximum atomic E-state index is 4.61. The van der Waals surface area contributed by atoms with Crippen LogP contribution in [0.2, 0.25) is 0 Å². The van der Waals surface area contributed by atoms with Crippen LogP contribution in [-0.2, 0) is 19.5 Å². The molecule has 2 aromatic heterocycles. The highest BCUT2D eigenvalue weighted by Crippen LogP contribution is 2.18. The summed E-state index contributed by atoms with van der Waals surface area (Å²) in [6.07, 6.45) is 5.17. The zero-order valence-corrected chi connectivity index (χ0v) is 16.6. The molecular formula is C17H20IN5S. The molecule has 7 heteroatoms. The lowest BCUT2D eigenvalue weighted by atomic mass is 10.0. The third kappa shape index (κ3) is 3.41. The Balaban J connectivity index is 0.00000169. The van der Waals surface area contributed by atoms with Gasteiger partial charge in [0.15, 0.2) is 10.9 Å². The first kappa shape index (κ1) is 17.2. The standard InChI is InChI=1S/C17H19N5S.HI/c1-18-16(19-10-15-12-22-8-9-23-17(22)20-15)21-7-6-13-4-2-3-5-14(13)11-21;/h2-5,8-9,12H,6-7,10-11H2,1H3,(H,18,19);1H. The van der Waals surface area contributed by atoms with Gasteiger partial charge in [-0.1, -0.05) is 24.3 Å². The van der Waals surface area contributed by atoms with Crippen LogP contribution >= 0.6 is 35.3 Å². The van der Waals surface area contributed by atoms with Crippen LogP contribution in [0.15, 0.2) is 47.0 Å². The topological polar surface area (TPSA) is 44.9 Å². The Morgan fingerprint density at radius 1 is 1.33 bits per heavy atom. The largest absolute Gasteiger partial charge is 0.351 e. The van der Waals surface area contributed by atoms with Crippen molar-refractivity contribution in [2.75, 3.05) is 13.6 Å². The third-order valence-corrected chi connectivity index (χ3v) is 4.98. The fourth-order valence-electron chi connectivity index (χ4n) is 3.04. The van der Waals surface area contributed by atoms with Crippen molar-refractivity contribution in [2.45, 2.75) is 19.5 Å². The van der Waals surface area contributed by atoms with Gasteiger partial charge in [-0.2, -0.15) is 0 Å². The van der Waals surface area contributed by atoms with Crippen LogP contribution in [0.4, 0.5) is 0 Å². The van der Waals surface area contributed by atoms with Gasteiger partial charge in [0, 0.05) is 37.9 Å². The summed E-state index contributed by atoms with van der Waals surface area (Å²) in [5.41, 5.74) is 3.88. The molecule has 1 N–H and O–H groups in total. The Hall–Kier alpha value is -1.61. The summed E-state index contributed by atoms with van der Waals surface area (Å²) in [6, 6.07) is 8.65. The van der Waals surface area contributed by atoms with Crippen LogP contribution < -0.4 is 5.32 Å². The number of halogens is 1. The first-order chi connectivity index (χ1) is 11.3. The minimum atomic E-state index is 0. The molecule has 24 heavy (non-hydrogen) atoms. The van der Waals surface area contributed by atoms with Crippen molar-refractivity contribution < 1.29 is 0 Å². The summed E-state index contributed by atoms with van der Waals surface area (Å²) in [5.74, 6) is 0.941. The van der Waals surface area contributed by atoms with Gasteiger partial charge in [-0.15, -0.1) is 35.3 Å². The lowest BCUT2D eigenvalue weighted by molar-refractivity contribution is 0.378. The van der Waals surface area contributed by atoms with Crippen molar-refractivity contribution in [3.63, 3.8) is 0 Å². The van der Waals surface area contributed by atoms with E-state index >= 15 is 0 Å². The highest BCUT2D eigenvalue weighted by atomic mass is 127. The third-order valence-electron chi connectivity index (χ3n) is 4.21. The molecule has 5 nitrogen and oxygen atoms in total. The first-order valence-electron chi connectivity index (χ1n) is 7.77. The number of fused-ring (bicyclic) bond motifs is 2. The molecule has 0 atom stereocenters. The van der Waals surface area contributed by atoms with Crippen LogP contribution in [0.5, 0.6) is 0 Å². The molecule has 1 aliphatic heterocycles. The summed E-state index contributed by atoms with van der Waals surface area (Å²) < 4.78 is 2.06. The number of rotatable bonds is 2. The number of guanidine groups is 1. The highest BCUT2D eigenvalue weighted by molar-refractivity contribution is 14.0. The van der Waals surface area contributed by atoms with Crippen LogP contribution in [0.25, 0.3) is 4.96 Å². The minimum Gasteiger partial charge on any atom is -0.351 e. The summed E-state index contributed by atoms with van der Waals surface area (Å²) in [6.45, 7) is 2.60. The predicted molar refractivity (Wildman–Crippen MR) is 109 cm³/mol. The molecule has 0 bridgehead atoms. The van der Waals surface area contributed by atoms with E-state index in [0.29, 0.717) is 6.54 Å². The molecule has 0 fully saturated rings.